The Morgan fingerprint density at radius 2 is 1.69 bits per heavy atom. The zero-order chi connectivity index (χ0) is 23.3. The molecule has 0 bridgehead atoms. The molecule has 1 aromatic carbocycles. The fourth-order valence-corrected chi connectivity index (χ4v) is 4.69. The molecule has 1 spiro atoms. The Hall–Kier alpha value is -2.12. The van der Waals surface area contributed by atoms with Crippen LogP contribution in [0.4, 0.5) is 4.79 Å². The molecule has 0 atom stereocenters. The highest BCUT2D eigenvalue weighted by Crippen LogP contribution is 2.37. The van der Waals surface area contributed by atoms with Gasteiger partial charge in [0.1, 0.15) is 11.3 Å². The average molecular weight is 445 g/mol. The van der Waals surface area contributed by atoms with E-state index in [0.717, 1.165) is 56.6 Å². The van der Waals surface area contributed by atoms with Crippen molar-refractivity contribution in [1.29, 1.82) is 0 Å². The molecule has 32 heavy (non-hydrogen) atoms. The molecule has 7 nitrogen and oxygen atoms in total. The van der Waals surface area contributed by atoms with E-state index in [0.29, 0.717) is 25.6 Å². The lowest BCUT2D eigenvalue weighted by atomic mass is 9.85. The molecule has 3 rings (SSSR count). The van der Waals surface area contributed by atoms with E-state index >= 15 is 0 Å². The quantitative estimate of drug-likeness (QED) is 0.520. The van der Waals surface area contributed by atoms with E-state index in [9.17, 15) is 9.59 Å². The van der Waals surface area contributed by atoms with Gasteiger partial charge >= 0.3 is 6.03 Å². The first-order valence-electron chi connectivity index (χ1n) is 11.9. The van der Waals surface area contributed by atoms with E-state index in [-0.39, 0.29) is 11.9 Å². The SMILES string of the molecule is COc1ccc(CCN2C(=O)N(CCN(C)C)C(=O)C23CCN(CCC(C)C)CC3)cc1. The fourth-order valence-electron chi connectivity index (χ4n) is 4.69. The van der Waals surface area contributed by atoms with Gasteiger partial charge in [0.25, 0.3) is 5.91 Å². The summed E-state index contributed by atoms with van der Waals surface area (Å²) in [5.41, 5.74) is 0.451. The summed E-state index contributed by atoms with van der Waals surface area (Å²) in [4.78, 5) is 34.8. The van der Waals surface area contributed by atoms with E-state index in [4.69, 9.17) is 4.74 Å². The third-order valence-corrected chi connectivity index (χ3v) is 6.88. The summed E-state index contributed by atoms with van der Waals surface area (Å²) in [5, 5.41) is 0. The van der Waals surface area contributed by atoms with Gasteiger partial charge in [0, 0.05) is 32.7 Å². The van der Waals surface area contributed by atoms with Gasteiger partial charge in [0.15, 0.2) is 0 Å². The Labute approximate surface area is 193 Å². The normalized spacial score (nSPS) is 19.1. The molecule has 2 fully saturated rings. The second-order valence-electron chi connectivity index (χ2n) is 9.85. The number of likely N-dealkylation sites (N-methyl/N-ethyl adjacent to an activating group) is 1. The zero-order valence-electron chi connectivity index (χ0n) is 20.5. The lowest BCUT2D eigenvalue weighted by molar-refractivity contribution is -0.135. The van der Waals surface area contributed by atoms with E-state index < -0.39 is 5.54 Å². The molecule has 2 saturated heterocycles. The Bertz CT molecular complexity index is 770. The minimum absolute atomic E-state index is 0.00240. The van der Waals surface area contributed by atoms with Crippen molar-refractivity contribution in [1.82, 2.24) is 19.6 Å². The Kier molecular flexibility index (Phi) is 8.17. The van der Waals surface area contributed by atoms with Gasteiger partial charge in [-0.15, -0.1) is 0 Å². The summed E-state index contributed by atoms with van der Waals surface area (Å²) in [7, 11) is 5.59. The highest BCUT2D eigenvalue weighted by atomic mass is 16.5. The van der Waals surface area contributed by atoms with Crippen LogP contribution >= 0.6 is 0 Å². The molecule has 0 N–H and O–H groups in total. The molecule has 2 heterocycles. The van der Waals surface area contributed by atoms with Crippen LogP contribution in [0, 0.1) is 5.92 Å². The van der Waals surface area contributed by atoms with E-state index in [1.807, 2.05) is 48.2 Å². The number of carbonyl (C=O) groups is 2. The number of likely N-dealkylation sites (tertiary alicyclic amines) is 1. The van der Waals surface area contributed by atoms with E-state index in [1.54, 1.807) is 7.11 Å². The molecule has 1 aromatic rings. The van der Waals surface area contributed by atoms with Crippen LogP contribution in [0.2, 0.25) is 0 Å². The number of rotatable bonds is 10. The summed E-state index contributed by atoms with van der Waals surface area (Å²) in [5.74, 6) is 1.49. The van der Waals surface area contributed by atoms with Gasteiger partial charge < -0.3 is 19.4 Å². The topological polar surface area (TPSA) is 56.3 Å². The van der Waals surface area contributed by atoms with Crippen molar-refractivity contribution in [3.63, 3.8) is 0 Å². The molecular weight excluding hydrogens is 404 g/mol. The molecule has 0 aromatic heterocycles. The molecule has 0 unspecified atom stereocenters. The van der Waals surface area contributed by atoms with Crippen molar-refractivity contribution >= 4 is 11.9 Å². The maximum absolute atomic E-state index is 13.6. The van der Waals surface area contributed by atoms with E-state index in [1.165, 1.54) is 4.90 Å². The maximum Gasteiger partial charge on any atom is 0.327 e. The summed E-state index contributed by atoms with van der Waals surface area (Å²) >= 11 is 0. The van der Waals surface area contributed by atoms with Crippen LogP contribution in [0.5, 0.6) is 5.75 Å². The van der Waals surface area contributed by atoms with Gasteiger partial charge in [-0.2, -0.15) is 0 Å². The number of nitrogens with zero attached hydrogens (tertiary/aromatic N) is 4. The number of benzene rings is 1. The highest BCUT2D eigenvalue weighted by molar-refractivity contribution is 6.07. The molecule has 0 aliphatic carbocycles. The van der Waals surface area contributed by atoms with Crippen molar-refractivity contribution in [2.45, 2.75) is 45.1 Å². The first kappa shape index (κ1) is 24.5. The molecule has 0 radical (unpaired) electrons. The third kappa shape index (κ3) is 5.44. The lowest BCUT2D eigenvalue weighted by Crippen LogP contribution is -2.57. The van der Waals surface area contributed by atoms with Crippen LogP contribution in [-0.4, -0.2) is 97.6 Å². The lowest BCUT2D eigenvalue weighted by Gasteiger charge is -2.42. The first-order valence-corrected chi connectivity index (χ1v) is 11.9. The standard InChI is InChI=1S/C25H40N4O3/c1-20(2)10-14-27-16-12-25(13-17-27)23(30)28(19-18-26(3)4)24(31)29(25)15-11-21-6-8-22(32-5)9-7-21/h6-9,20H,10-19H2,1-5H3. The number of ether oxygens (including phenoxy) is 1. The van der Waals surface area contributed by atoms with Crippen molar-refractivity contribution in [3.8, 4) is 5.75 Å². The number of urea groups is 1. The molecule has 178 valence electrons. The Balaban J connectivity index is 1.74. The second kappa shape index (κ2) is 10.7. The highest BCUT2D eigenvalue weighted by Gasteiger charge is 2.57. The van der Waals surface area contributed by atoms with Gasteiger partial charge in [-0.25, -0.2) is 4.79 Å². The minimum atomic E-state index is -0.690. The summed E-state index contributed by atoms with van der Waals surface area (Å²) in [6, 6.07) is 7.83. The molecule has 0 saturated carbocycles. The average Bonchev–Trinajstić information content (AvgIpc) is 2.96. The predicted molar refractivity (Wildman–Crippen MR) is 127 cm³/mol. The molecule has 7 heteroatoms. The fraction of sp³-hybridized carbons (Fsp3) is 0.680. The van der Waals surface area contributed by atoms with Gasteiger partial charge in [0.05, 0.1) is 7.11 Å². The Morgan fingerprint density at radius 3 is 2.25 bits per heavy atom. The number of imide groups is 1. The van der Waals surface area contributed by atoms with E-state index in [2.05, 4.69) is 18.7 Å². The predicted octanol–water partition coefficient (Wildman–Crippen LogP) is 2.94. The van der Waals surface area contributed by atoms with Crippen molar-refractivity contribution in [2.24, 2.45) is 5.92 Å². The minimum Gasteiger partial charge on any atom is -0.497 e. The Morgan fingerprint density at radius 1 is 1.03 bits per heavy atom. The largest absolute Gasteiger partial charge is 0.497 e. The van der Waals surface area contributed by atoms with Gasteiger partial charge in [-0.05, 0) is 69.9 Å². The van der Waals surface area contributed by atoms with Crippen LogP contribution < -0.4 is 4.74 Å². The smallest absolute Gasteiger partial charge is 0.327 e. The van der Waals surface area contributed by atoms with Crippen molar-refractivity contribution in [3.05, 3.63) is 29.8 Å². The summed E-state index contributed by atoms with van der Waals surface area (Å²) in [6.07, 6.45) is 3.33. The first-order chi connectivity index (χ1) is 15.3. The van der Waals surface area contributed by atoms with Crippen LogP contribution in [-0.2, 0) is 11.2 Å². The third-order valence-electron chi connectivity index (χ3n) is 6.88. The van der Waals surface area contributed by atoms with Crippen molar-refractivity contribution < 1.29 is 14.3 Å². The number of carbonyl (C=O) groups excluding carboxylic acids is 2. The molecule has 2 aliphatic heterocycles. The van der Waals surface area contributed by atoms with Gasteiger partial charge in [-0.3, -0.25) is 9.69 Å². The number of methoxy groups -OCH3 is 1. The van der Waals surface area contributed by atoms with Gasteiger partial charge in [0.2, 0.25) is 0 Å². The number of piperidine rings is 1. The molecule has 2 aliphatic rings. The monoisotopic (exact) mass is 444 g/mol. The summed E-state index contributed by atoms with van der Waals surface area (Å²) < 4.78 is 5.25. The maximum atomic E-state index is 13.6. The van der Waals surface area contributed by atoms with Crippen LogP contribution in [0.1, 0.15) is 38.7 Å². The summed E-state index contributed by atoms with van der Waals surface area (Å²) in [6.45, 7) is 8.97. The number of hydrogen-bond acceptors (Lipinski definition) is 5. The van der Waals surface area contributed by atoms with Crippen LogP contribution in [0.15, 0.2) is 24.3 Å². The van der Waals surface area contributed by atoms with Crippen LogP contribution in [0.25, 0.3) is 0 Å². The van der Waals surface area contributed by atoms with Gasteiger partial charge in [-0.1, -0.05) is 26.0 Å². The van der Waals surface area contributed by atoms with Crippen LogP contribution in [0.3, 0.4) is 0 Å². The molecule has 3 amide bonds. The number of hydrogen-bond donors (Lipinski definition) is 0. The zero-order valence-corrected chi connectivity index (χ0v) is 20.5. The second-order valence-corrected chi connectivity index (χ2v) is 9.85. The number of amides is 3. The molecular formula is C25H40N4O3. The van der Waals surface area contributed by atoms with Crippen molar-refractivity contribution in [2.75, 3.05) is 60.5 Å².